The van der Waals surface area contributed by atoms with Gasteiger partial charge in [0.2, 0.25) is 5.91 Å². The van der Waals surface area contributed by atoms with Gasteiger partial charge in [-0.1, -0.05) is 39.7 Å². The number of aryl methyl sites for hydroxylation is 2. The zero-order valence-electron chi connectivity index (χ0n) is 14.6. The Morgan fingerprint density at radius 3 is 2.77 bits per heavy atom. The van der Waals surface area contributed by atoms with Crippen LogP contribution in [-0.2, 0) is 21.4 Å². The van der Waals surface area contributed by atoms with E-state index in [2.05, 4.69) is 26.3 Å². The van der Waals surface area contributed by atoms with Crippen molar-refractivity contribution in [1.29, 1.82) is 0 Å². The van der Waals surface area contributed by atoms with E-state index in [1.165, 1.54) is 17.9 Å². The van der Waals surface area contributed by atoms with Crippen molar-refractivity contribution < 1.29 is 14.3 Å². The van der Waals surface area contributed by atoms with Gasteiger partial charge in [-0.2, -0.15) is 5.10 Å². The molecule has 0 aliphatic heterocycles. The molecule has 0 spiro atoms. The third-order valence-corrected chi connectivity index (χ3v) is 4.71. The zero-order chi connectivity index (χ0) is 19.3. The second-order valence-electron chi connectivity index (χ2n) is 5.64. The Labute approximate surface area is 165 Å². The molecule has 26 heavy (non-hydrogen) atoms. The SMILES string of the molecule is COC(=O)CC(NC(=O)/C=C/c1c(C)nn(C)c1Cl)c1cccc(Br)c1. The summed E-state index contributed by atoms with van der Waals surface area (Å²) in [6.45, 7) is 1.81. The number of nitrogens with zero attached hydrogens (tertiary/aromatic N) is 2. The quantitative estimate of drug-likeness (QED) is 0.550. The second kappa shape index (κ2) is 9.00. The predicted molar refractivity (Wildman–Crippen MR) is 104 cm³/mol. The van der Waals surface area contributed by atoms with Crippen molar-refractivity contribution in [3.8, 4) is 0 Å². The van der Waals surface area contributed by atoms with Crippen LogP contribution >= 0.6 is 27.5 Å². The number of carbonyl (C=O) groups excluding carboxylic acids is 2. The molecule has 0 saturated heterocycles. The number of halogens is 2. The van der Waals surface area contributed by atoms with Gasteiger partial charge in [-0.15, -0.1) is 0 Å². The molecule has 1 unspecified atom stereocenters. The molecular formula is C18H19BrClN3O3. The first-order valence-corrected chi connectivity index (χ1v) is 8.99. The Morgan fingerprint density at radius 1 is 1.46 bits per heavy atom. The molecule has 2 rings (SSSR count). The molecule has 8 heteroatoms. The van der Waals surface area contributed by atoms with Crippen LogP contribution in [-0.4, -0.2) is 28.8 Å². The predicted octanol–water partition coefficient (Wildman–Crippen LogP) is 3.58. The lowest BCUT2D eigenvalue weighted by Gasteiger charge is -2.17. The Bertz CT molecular complexity index is 848. The monoisotopic (exact) mass is 439 g/mol. The first kappa shape index (κ1) is 20.2. The molecule has 0 bridgehead atoms. The molecule has 1 aromatic heterocycles. The maximum Gasteiger partial charge on any atom is 0.307 e. The van der Waals surface area contributed by atoms with Crippen LogP contribution in [0.5, 0.6) is 0 Å². The van der Waals surface area contributed by atoms with Crippen molar-refractivity contribution in [1.82, 2.24) is 15.1 Å². The van der Waals surface area contributed by atoms with Crippen molar-refractivity contribution in [2.45, 2.75) is 19.4 Å². The zero-order valence-corrected chi connectivity index (χ0v) is 17.0. The Hall–Kier alpha value is -2.12. The number of nitrogens with one attached hydrogen (secondary N) is 1. The van der Waals surface area contributed by atoms with Crippen LogP contribution < -0.4 is 5.32 Å². The van der Waals surface area contributed by atoms with Crippen LogP contribution in [0.25, 0.3) is 6.08 Å². The smallest absolute Gasteiger partial charge is 0.307 e. The summed E-state index contributed by atoms with van der Waals surface area (Å²) in [7, 11) is 3.04. The topological polar surface area (TPSA) is 73.2 Å². The molecule has 0 radical (unpaired) electrons. The summed E-state index contributed by atoms with van der Waals surface area (Å²) in [5.41, 5.74) is 2.19. The van der Waals surface area contributed by atoms with Crippen molar-refractivity contribution in [2.75, 3.05) is 7.11 Å². The Morgan fingerprint density at radius 2 is 2.19 bits per heavy atom. The molecule has 138 valence electrons. The third kappa shape index (κ3) is 5.19. The van der Waals surface area contributed by atoms with Crippen LogP contribution in [0, 0.1) is 6.92 Å². The van der Waals surface area contributed by atoms with Gasteiger partial charge in [-0.05, 0) is 30.7 Å². The fourth-order valence-electron chi connectivity index (χ4n) is 2.44. The Kier molecular flexibility index (Phi) is 6.99. The molecule has 1 atom stereocenters. The number of amides is 1. The number of ether oxygens (including phenoxy) is 1. The van der Waals surface area contributed by atoms with E-state index >= 15 is 0 Å². The molecule has 0 aliphatic carbocycles. The number of aromatic nitrogens is 2. The lowest BCUT2D eigenvalue weighted by Crippen LogP contribution is -2.29. The Balaban J connectivity index is 2.17. The van der Waals surface area contributed by atoms with Gasteiger partial charge in [0.15, 0.2) is 0 Å². The highest BCUT2D eigenvalue weighted by molar-refractivity contribution is 9.10. The van der Waals surface area contributed by atoms with Gasteiger partial charge in [0.25, 0.3) is 0 Å². The van der Waals surface area contributed by atoms with Gasteiger partial charge >= 0.3 is 5.97 Å². The number of benzene rings is 1. The lowest BCUT2D eigenvalue weighted by molar-refractivity contribution is -0.141. The maximum atomic E-state index is 12.4. The summed E-state index contributed by atoms with van der Waals surface area (Å²) in [6.07, 6.45) is 3.01. The summed E-state index contributed by atoms with van der Waals surface area (Å²) >= 11 is 9.55. The number of hydrogen-bond acceptors (Lipinski definition) is 4. The van der Waals surface area contributed by atoms with E-state index in [4.69, 9.17) is 16.3 Å². The second-order valence-corrected chi connectivity index (χ2v) is 6.92. The summed E-state index contributed by atoms with van der Waals surface area (Å²) in [5, 5.41) is 7.47. The molecule has 1 amide bonds. The van der Waals surface area contributed by atoms with Gasteiger partial charge in [-0.3, -0.25) is 14.3 Å². The van der Waals surface area contributed by atoms with Crippen LogP contribution in [0.1, 0.15) is 29.3 Å². The van der Waals surface area contributed by atoms with E-state index in [1.807, 2.05) is 31.2 Å². The summed E-state index contributed by atoms with van der Waals surface area (Å²) in [4.78, 5) is 24.1. The minimum atomic E-state index is -0.512. The molecule has 0 aliphatic rings. The van der Waals surface area contributed by atoms with E-state index in [-0.39, 0.29) is 12.3 Å². The van der Waals surface area contributed by atoms with Crippen LogP contribution in [0.4, 0.5) is 0 Å². The minimum absolute atomic E-state index is 0.0270. The molecule has 1 heterocycles. The fourth-order valence-corrected chi connectivity index (χ4v) is 3.09. The van der Waals surface area contributed by atoms with Gasteiger partial charge in [0, 0.05) is 23.2 Å². The van der Waals surface area contributed by atoms with E-state index < -0.39 is 12.0 Å². The average Bonchev–Trinajstić information content (AvgIpc) is 2.84. The molecule has 2 aromatic rings. The molecule has 0 fully saturated rings. The van der Waals surface area contributed by atoms with E-state index in [0.29, 0.717) is 10.7 Å². The van der Waals surface area contributed by atoms with Crippen molar-refractivity contribution >= 4 is 45.5 Å². The first-order chi connectivity index (χ1) is 12.3. The van der Waals surface area contributed by atoms with E-state index in [9.17, 15) is 9.59 Å². The van der Waals surface area contributed by atoms with E-state index in [1.54, 1.807) is 13.1 Å². The van der Waals surface area contributed by atoms with Gasteiger partial charge in [0.05, 0.1) is 25.3 Å². The normalized spacial score (nSPS) is 12.2. The highest BCUT2D eigenvalue weighted by Crippen LogP contribution is 2.22. The molecule has 6 nitrogen and oxygen atoms in total. The molecule has 0 saturated carbocycles. The summed E-state index contributed by atoms with van der Waals surface area (Å²) in [6, 6.07) is 6.88. The average molecular weight is 441 g/mol. The number of hydrogen-bond donors (Lipinski definition) is 1. The van der Waals surface area contributed by atoms with Crippen LogP contribution in [0.15, 0.2) is 34.8 Å². The minimum Gasteiger partial charge on any atom is -0.469 e. The summed E-state index contributed by atoms with van der Waals surface area (Å²) in [5.74, 6) is -0.761. The number of methoxy groups -OCH3 is 1. The van der Waals surface area contributed by atoms with Gasteiger partial charge in [-0.25, -0.2) is 0 Å². The van der Waals surface area contributed by atoms with Gasteiger partial charge < -0.3 is 10.1 Å². The largest absolute Gasteiger partial charge is 0.469 e. The number of esters is 1. The fraction of sp³-hybridized carbons (Fsp3) is 0.278. The number of carbonyl (C=O) groups is 2. The standard InChI is InChI=1S/C18H19BrClN3O3/c1-11-14(18(20)23(2)22-11)7-8-16(24)21-15(10-17(25)26-3)12-5-4-6-13(19)9-12/h4-9,15H,10H2,1-3H3,(H,21,24)/b8-7+. The van der Waals surface area contributed by atoms with Crippen molar-refractivity contribution in [2.24, 2.45) is 7.05 Å². The van der Waals surface area contributed by atoms with Crippen molar-refractivity contribution in [3.63, 3.8) is 0 Å². The third-order valence-electron chi connectivity index (χ3n) is 3.76. The molecule has 1 aromatic carbocycles. The highest BCUT2D eigenvalue weighted by atomic mass is 79.9. The van der Waals surface area contributed by atoms with Crippen LogP contribution in [0.3, 0.4) is 0 Å². The number of rotatable bonds is 6. The molecular weight excluding hydrogens is 422 g/mol. The van der Waals surface area contributed by atoms with Gasteiger partial charge in [0.1, 0.15) is 5.15 Å². The molecule has 1 N–H and O–H groups in total. The highest BCUT2D eigenvalue weighted by Gasteiger charge is 2.18. The first-order valence-electron chi connectivity index (χ1n) is 7.81. The maximum absolute atomic E-state index is 12.4. The van der Waals surface area contributed by atoms with Crippen LogP contribution in [0.2, 0.25) is 5.15 Å². The van der Waals surface area contributed by atoms with Crippen molar-refractivity contribution in [3.05, 3.63) is 56.8 Å². The lowest BCUT2D eigenvalue weighted by atomic mass is 10.0. The summed E-state index contributed by atoms with van der Waals surface area (Å²) < 4.78 is 7.12. The van der Waals surface area contributed by atoms with E-state index in [0.717, 1.165) is 15.7 Å².